The SMILES string of the molecule is Cc1ccc(-c2cc(-c3cccc(-c4c5c(cc6c(-c7ccc(-c8ccccc8)cc7)nc7ccccc7c46)oc4ccccc45)c3)nc(-c3ccc(C)cc3)n2)cc1. The van der Waals surface area contributed by atoms with Crippen LogP contribution in [-0.4, -0.2) is 15.0 Å². The van der Waals surface area contributed by atoms with Gasteiger partial charge in [0.05, 0.1) is 22.6 Å². The first-order chi connectivity index (χ1) is 29.0. The molecule has 11 aromatic rings. The van der Waals surface area contributed by atoms with Crippen molar-refractivity contribution in [1.82, 2.24) is 15.0 Å². The number of benzene rings is 8. The first-order valence-electron chi connectivity index (χ1n) is 20.0. The third-order valence-corrected chi connectivity index (χ3v) is 11.4. The fourth-order valence-corrected chi connectivity index (χ4v) is 8.41. The molecule has 3 heterocycles. The average Bonchev–Trinajstić information content (AvgIpc) is 3.67. The monoisotopic (exact) mass is 755 g/mol. The Balaban J connectivity index is 1.17. The number of hydrogen-bond donors (Lipinski definition) is 0. The van der Waals surface area contributed by atoms with Gasteiger partial charge in [0.1, 0.15) is 11.2 Å². The van der Waals surface area contributed by atoms with Crippen LogP contribution in [0.2, 0.25) is 0 Å². The molecule has 278 valence electrons. The lowest BCUT2D eigenvalue weighted by Crippen LogP contribution is -1.96. The van der Waals surface area contributed by atoms with Gasteiger partial charge in [0, 0.05) is 54.7 Å². The van der Waals surface area contributed by atoms with Crippen LogP contribution in [0.1, 0.15) is 11.1 Å². The van der Waals surface area contributed by atoms with Crippen LogP contribution in [0, 0.1) is 13.8 Å². The minimum absolute atomic E-state index is 0.692. The molecule has 4 heteroatoms. The van der Waals surface area contributed by atoms with E-state index in [2.05, 4.69) is 190 Å². The smallest absolute Gasteiger partial charge is 0.160 e. The van der Waals surface area contributed by atoms with E-state index in [0.29, 0.717) is 5.82 Å². The highest BCUT2D eigenvalue weighted by Gasteiger charge is 2.22. The molecule has 0 saturated carbocycles. The molecule has 0 aliphatic carbocycles. The van der Waals surface area contributed by atoms with Crippen LogP contribution in [0.5, 0.6) is 0 Å². The van der Waals surface area contributed by atoms with Gasteiger partial charge < -0.3 is 4.42 Å². The molecule has 0 aliphatic heterocycles. The molecular weight excluding hydrogens is 719 g/mol. The molecule has 0 fully saturated rings. The van der Waals surface area contributed by atoms with Gasteiger partial charge in [-0.2, -0.15) is 0 Å². The van der Waals surface area contributed by atoms with E-state index < -0.39 is 0 Å². The Hall–Kier alpha value is -7.69. The fraction of sp³-hybridized carbons (Fsp3) is 0.0364. The Kier molecular flexibility index (Phi) is 8.23. The number of rotatable bonds is 6. The van der Waals surface area contributed by atoms with Crippen molar-refractivity contribution < 1.29 is 4.42 Å². The molecule has 0 atom stereocenters. The van der Waals surface area contributed by atoms with E-state index >= 15 is 0 Å². The van der Waals surface area contributed by atoms with Crippen LogP contribution in [0.4, 0.5) is 0 Å². The summed E-state index contributed by atoms with van der Waals surface area (Å²) >= 11 is 0. The van der Waals surface area contributed by atoms with Crippen molar-refractivity contribution >= 4 is 43.6 Å². The number of nitrogens with zero attached hydrogens (tertiary/aromatic N) is 3. The van der Waals surface area contributed by atoms with Crippen molar-refractivity contribution in [2.45, 2.75) is 13.8 Å². The Labute approximate surface area is 342 Å². The summed E-state index contributed by atoms with van der Waals surface area (Å²) in [6.07, 6.45) is 0. The van der Waals surface area contributed by atoms with Crippen molar-refractivity contribution in [3.05, 3.63) is 199 Å². The molecule has 0 radical (unpaired) electrons. The van der Waals surface area contributed by atoms with Gasteiger partial charge in [-0.3, -0.25) is 0 Å². The minimum Gasteiger partial charge on any atom is -0.456 e. The zero-order chi connectivity index (χ0) is 39.5. The van der Waals surface area contributed by atoms with Crippen LogP contribution >= 0.6 is 0 Å². The highest BCUT2D eigenvalue weighted by atomic mass is 16.3. The van der Waals surface area contributed by atoms with Gasteiger partial charge in [0.25, 0.3) is 0 Å². The Morgan fingerprint density at radius 2 is 0.932 bits per heavy atom. The predicted octanol–water partition coefficient (Wildman–Crippen LogP) is 14.7. The standard InChI is InChI=1S/C55H37N3O/c1-34-19-23-38(24-20-34)47-33-48(58-55(57-47)40-25-21-35(2)22-26-40)41-13-10-14-42(31-41)51-52-43-15-6-8-17-46(43)56-54(39-29-27-37(28-30-39)36-11-4-3-5-12-36)45(52)32-50-53(51)44-16-7-9-18-49(44)59-50/h3-33H,1-2H3. The van der Waals surface area contributed by atoms with E-state index in [9.17, 15) is 0 Å². The lowest BCUT2D eigenvalue weighted by Gasteiger charge is -2.16. The molecular formula is C55H37N3O. The normalized spacial score (nSPS) is 11.6. The summed E-state index contributed by atoms with van der Waals surface area (Å²) < 4.78 is 6.72. The molecule has 0 unspecified atom stereocenters. The zero-order valence-electron chi connectivity index (χ0n) is 32.6. The van der Waals surface area contributed by atoms with Crippen molar-refractivity contribution in [3.8, 4) is 67.4 Å². The largest absolute Gasteiger partial charge is 0.456 e. The van der Waals surface area contributed by atoms with Crippen LogP contribution in [0.3, 0.4) is 0 Å². The van der Waals surface area contributed by atoms with Gasteiger partial charge in [-0.1, -0.05) is 169 Å². The first kappa shape index (κ1) is 34.5. The zero-order valence-corrected chi connectivity index (χ0v) is 32.6. The van der Waals surface area contributed by atoms with Crippen LogP contribution < -0.4 is 0 Å². The molecule has 4 nitrogen and oxygen atoms in total. The Morgan fingerprint density at radius 3 is 1.69 bits per heavy atom. The number of para-hydroxylation sites is 2. The maximum absolute atomic E-state index is 6.72. The summed E-state index contributed by atoms with van der Waals surface area (Å²) in [5, 5.41) is 5.41. The molecule has 0 spiro atoms. The van der Waals surface area contributed by atoms with E-state index in [1.807, 2.05) is 12.1 Å². The third kappa shape index (κ3) is 6.14. The van der Waals surface area contributed by atoms with Gasteiger partial charge in [0.15, 0.2) is 5.82 Å². The van der Waals surface area contributed by atoms with E-state index in [-0.39, 0.29) is 0 Å². The number of pyridine rings is 1. The van der Waals surface area contributed by atoms with E-state index in [1.54, 1.807) is 0 Å². The molecule has 0 amide bonds. The number of furan rings is 1. The maximum atomic E-state index is 6.72. The van der Waals surface area contributed by atoms with Crippen molar-refractivity contribution in [1.29, 1.82) is 0 Å². The van der Waals surface area contributed by atoms with E-state index in [4.69, 9.17) is 19.4 Å². The summed E-state index contributed by atoms with van der Waals surface area (Å²) in [6.45, 7) is 4.21. The molecule has 0 saturated heterocycles. The molecule has 59 heavy (non-hydrogen) atoms. The van der Waals surface area contributed by atoms with Gasteiger partial charge in [-0.25, -0.2) is 15.0 Å². The van der Waals surface area contributed by atoms with Crippen molar-refractivity contribution in [3.63, 3.8) is 0 Å². The topological polar surface area (TPSA) is 51.8 Å². The molecule has 0 aliphatic rings. The van der Waals surface area contributed by atoms with Crippen LogP contribution in [0.25, 0.3) is 111 Å². The Bertz CT molecular complexity index is 3300. The Morgan fingerprint density at radius 1 is 0.356 bits per heavy atom. The molecule has 0 N–H and O–H groups in total. The van der Waals surface area contributed by atoms with Crippen molar-refractivity contribution in [2.24, 2.45) is 0 Å². The second-order valence-corrected chi connectivity index (χ2v) is 15.3. The summed E-state index contributed by atoms with van der Waals surface area (Å²) in [7, 11) is 0. The van der Waals surface area contributed by atoms with Crippen LogP contribution in [0.15, 0.2) is 192 Å². The summed E-state index contributed by atoms with van der Waals surface area (Å²) in [6, 6.07) is 66.2. The predicted molar refractivity (Wildman–Crippen MR) is 244 cm³/mol. The number of aryl methyl sites for hydroxylation is 2. The van der Waals surface area contributed by atoms with E-state index in [1.165, 1.54) is 16.7 Å². The minimum atomic E-state index is 0.692. The lowest BCUT2D eigenvalue weighted by atomic mass is 9.88. The highest BCUT2D eigenvalue weighted by molar-refractivity contribution is 6.27. The van der Waals surface area contributed by atoms with Gasteiger partial charge in [-0.05, 0) is 60.9 Å². The highest BCUT2D eigenvalue weighted by Crippen LogP contribution is 2.47. The molecule has 0 bridgehead atoms. The second kappa shape index (κ2) is 14.0. The van der Waals surface area contributed by atoms with Crippen LogP contribution in [-0.2, 0) is 0 Å². The number of fused-ring (bicyclic) bond motifs is 6. The first-order valence-corrected chi connectivity index (χ1v) is 20.0. The van der Waals surface area contributed by atoms with Gasteiger partial charge in [-0.15, -0.1) is 0 Å². The second-order valence-electron chi connectivity index (χ2n) is 15.3. The molecule has 11 rings (SSSR count). The third-order valence-electron chi connectivity index (χ3n) is 11.4. The fourth-order valence-electron chi connectivity index (χ4n) is 8.41. The molecule has 8 aromatic carbocycles. The lowest BCUT2D eigenvalue weighted by molar-refractivity contribution is 0.669. The quantitative estimate of drug-likeness (QED) is 0.159. The number of hydrogen-bond acceptors (Lipinski definition) is 4. The summed E-state index contributed by atoms with van der Waals surface area (Å²) in [5.41, 5.74) is 16.3. The number of aromatic nitrogens is 3. The maximum Gasteiger partial charge on any atom is 0.160 e. The van der Waals surface area contributed by atoms with Crippen molar-refractivity contribution in [2.75, 3.05) is 0 Å². The summed E-state index contributed by atoms with van der Waals surface area (Å²) in [5.74, 6) is 0.692. The average molecular weight is 756 g/mol. The van der Waals surface area contributed by atoms with Gasteiger partial charge in [0.2, 0.25) is 0 Å². The summed E-state index contributed by atoms with van der Waals surface area (Å²) in [4.78, 5) is 15.7. The van der Waals surface area contributed by atoms with E-state index in [0.717, 1.165) is 99.6 Å². The van der Waals surface area contributed by atoms with Gasteiger partial charge >= 0.3 is 0 Å². The molecule has 3 aromatic heterocycles.